The Kier molecular flexibility index (Phi) is 3.33. The molecule has 16 heavy (non-hydrogen) atoms. The van der Waals surface area contributed by atoms with Gasteiger partial charge in [0.05, 0.1) is 11.6 Å². The van der Waals surface area contributed by atoms with Crippen LogP contribution in [0, 0.1) is 0 Å². The van der Waals surface area contributed by atoms with E-state index in [2.05, 4.69) is 0 Å². The van der Waals surface area contributed by atoms with E-state index < -0.39 is 5.54 Å². The Morgan fingerprint density at radius 3 is 2.81 bits per heavy atom. The van der Waals surface area contributed by atoms with Gasteiger partial charge in [0.2, 0.25) is 0 Å². The van der Waals surface area contributed by atoms with Crippen LogP contribution in [-0.2, 0) is 16.9 Å². The Morgan fingerprint density at radius 1 is 1.50 bits per heavy atom. The molecule has 1 heterocycles. The molecule has 0 bridgehead atoms. The summed E-state index contributed by atoms with van der Waals surface area (Å²) in [6.45, 7) is 0.471. The van der Waals surface area contributed by atoms with Crippen molar-refractivity contribution in [2.45, 2.75) is 43.9 Å². The molecule has 0 aromatic carbocycles. The molecule has 0 unspecified atom stereocenters. The van der Waals surface area contributed by atoms with Gasteiger partial charge >= 0.3 is 0 Å². The minimum absolute atomic E-state index is 0.204. The molecule has 4 nitrogen and oxygen atoms in total. The summed E-state index contributed by atoms with van der Waals surface area (Å²) in [5.74, 6) is 1.61. The zero-order valence-electron chi connectivity index (χ0n) is 9.61. The van der Waals surface area contributed by atoms with Crippen molar-refractivity contribution in [2.75, 3.05) is 7.11 Å². The summed E-state index contributed by atoms with van der Waals surface area (Å²) in [6, 6.07) is 3.82. The highest BCUT2D eigenvalue weighted by atomic mass is 16.5. The van der Waals surface area contributed by atoms with Gasteiger partial charge in [0.1, 0.15) is 18.1 Å². The second-order valence-electron chi connectivity index (χ2n) is 4.59. The predicted molar refractivity (Wildman–Crippen MR) is 59.8 cm³/mol. The van der Waals surface area contributed by atoms with Crippen LogP contribution in [0.5, 0.6) is 0 Å². The first-order valence-electron chi connectivity index (χ1n) is 5.69. The Morgan fingerprint density at radius 2 is 2.19 bits per heavy atom. The van der Waals surface area contributed by atoms with E-state index in [9.17, 15) is 5.11 Å². The van der Waals surface area contributed by atoms with Gasteiger partial charge in [0.25, 0.3) is 0 Å². The van der Waals surface area contributed by atoms with Gasteiger partial charge in [-0.3, -0.25) is 0 Å². The average molecular weight is 225 g/mol. The fourth-order valence-electron chi connectivity index (χ4n) is 2.23. The highest BCUT2D eigenvalue weighted by Gasteiger charge is 2.35. The van der Waals surface area contributed by atoms with Crippen molar-refractivity contribution in [3.8, 4) is 0 Å². The van der Waals surface area contributed by atoms with Gasteiger partial charge in [-0.15, -0.1) is 0 Å². The number of aliphatic hydroxyl groups excluding tert-OH is 1. The molecule has 1 aromatic heterocycles. The van der Waals surface area contributed by atoms with Crippen LogP contribution in [-0.4, -0.2) is 18.3 Å². The minimum Gasteiger partial charge on any atom is -0.462 e. The van der Waals surface area contributed by atoms with Gasteiger partial charge in [-0.1, -0.05) is 0 Å². The SMILES string of the molecule is COCc1ccc(C2(N)CCC(O)CC2)o1. The molecule has 3 N–H and O–H groups in total. The number of hydrogen-bond acceptors (Lipinski definition) is 4. The van der Waals surface area contributed by atoms with E-state index in [4.69, 9.17) is 14.9 Å². The third-order valence-corrected chi connectivity index (χ3v) is 3.29. The normalized spacial score (nSPS) is 30.6. The molecule has 2 rings (SSSR count). The number of ether oxygens (including phenoxy) is 1. The fraction of sp³-hybridized carbons (Fsp3) is 0.667. The lowest BCUT2D eigenvalue weighted by molar-refractivity contribution is 0.0870. The Balaban J connectivity index is 2.09. The van der Waals surface area contributed by atoms with Crippen LogP contribution >= 0.6 is 0 Å². The highest BCUT2D eigenvalue weighted by molar-refractivity contribution is 5.16. The lowest BCUT2D eigenvalue weighted by Crippen LogP contribution is -2.41. The summed E-state index contributed by atoms with van der Waals surface area (Å²) in [5, 5.41) is 9.47. The zero-order valence-corrected chi connectivity index (χ0v) is 9.61. The van der Waals surface area contributed by atoms with Gasteiger partial charge in [-0.25, -0.2) is 0 Å². The van der Waals surface area contributed by atoms with Gasteiger partial charge in [-0.05, 0) is 37.8 Å². The first-order valence-corrected chi connectivity index (χ1v) is 5.69. The molecular weight excluding hydrogens is 206 g/mol. The van der Waals surface area contributed by atoms with E-state index in [1.54, 1.807) is 7.11 Å². The lowest BCUT2D eigenvalue weighted by Gasteiger charge is -2.33. The maximum atomic E-state index is 9.47. The van der Waals surface area contributed by atoms with Crippen molar-refractivity contribution < 1.29 is 14.3 Å². The molecule has 0 spiro atoms. The summed E-state index contributed by atoms with van der Waals surface area (Å²) in [7, 11) is 1.64. The van der Waals surface area contributed by atoms with E-state index in [-0.39, 0.29) is 6.10 Å². The van der Waals surface area contributed by atoms with Crippen molar-refractivity contribution in [1.82, 2.24) is 0 Å². The summed E-state index contributed by atoms with van der Waals surface area (Å²) in [4.78, 5) is 0. The number of methoxy groups -OCH3 is 1. The first kappa shape index (κ1) is 11.6. The van der Waals surface area contributed by atoms with Crippen LogP contribution in [0.4, 0.5) is 0 Å². The van der Waals surface area contributed by atoms with Gasteiger partial charge in [0, 0.05) is 7.11 Å². The second-order valence-corrected chi connectivity index (χ2v) is 4.59. The van der Waals surface area contributed by atoms with E-state index in [0.29, 0.717) is 6.61 Å². The second kappa shape index (κ2) is 4.57. The topological polar surface area (TPSA) is 68.6 Å². The van der Waals surface area contributed by atoms with Crippen molar-refractivity contribution in [3.63, 3.8) is 0 Å². The largest absolute Gasteiger partial charge is 0.462 e. The van der Waals surface area contributed by atoms with E-state index >= 15 is 0 Å². The van der Waals surface area contributed by atoms with E-state index in [1.807, 2.05) is 12.1 Å². The molecule has 0 saturated heterocycles. The van der Waals surface area contributed by atoms with Crippen molar-refractivity contribution in [3.05, 3.63) is 23.7 Å². The maximum Gasteiger partial charge on any atom is 0.129 e. The molecule has 0 amide bonds. The number of rotatable bonds is 3. The Hall–Kier alpha value is -0.840. The molecule has 1 aliphatic rings. The molecule has 0 radical (unpaired) electrons. The van der Waals surface area contributed by atoms with Crippen LogP contribution < -0.4 is 5.73 Å². The van der Waals surface area contributed by atoms with Crippen LogP contribution in [0.25, 0.3) is 0 Å². The molecule has 1 fully saturated rings. The number of nitrogens with two attached hydrogens (primary N) is 1. The maximum absolute atomic E-state index is 9.47. The molecule has 90 valence electrons. The molecular formula is C12H19NO3. The van der Waals surface area contributed by atoms with Crippen molar-refractivity contribution >= 4 is 0 Å². The number of furan rings is 1. The molecule has 4 heteroatoms. The number of aliphatic hydroxyl groups is 1. The van der Waals surface area contributed by atoms with E-state index in [1.165, 1.54) is 0 Å². The standard InChI is InChI=1S/C12H19NO3/c1-15-8-10-2-3-11(16-10)12(13)6-4-9(14)5-7-12/h2-3,9,14H,4-8,13H2,1H3. The summed E-state index contributed by atoms with van der Waals surface area (Å²) in [5.41, 5.74) is 5.89. The Labute approximate surface area is 95.4 Å². The molecule has 0 aliphatic heterocycles. The molecule has 1 saturated carbocycles. The van der Waals surface area contributed by atoms with Gasteiger partial charge in [-0.2, -0.15) is 0 Å². The minimum atomic E-state index is -0.411. The van der Waals surface area contributed by atoms with Crippen LogP contribution in [0.15, 0.2) is 16.5 Å². The van der Waals surface area contributed by atoms with Crippen LogP contribution in [0.1, 0.15) is 37.2 Å². The first-order chi connectivity index (χ1) is 7.64. The highest BCUT2D eigenvalue weighted by Crippen LogP contribution is 2.35. The molecule has 1 aromatic rings. The van der Waals surface area contributed by atoms with Gasteiger partial charge in [0.15, 0.2) is 0 Å². The number of hydrogen-bond donors (Lipinski definition) is 2. The molecule has 1 aliphatic carbocycles. The summed E-state index contributed by atoms with van der Waals surface area (Å²) < 4.78 is 10.7. The van der Waals surface area contributed by atoms with Crippen LogP contribution in [0.2, 0.25) is 0 Å². The van der Waals surface area contributed by atoms with Gasteiger partial charge < -0.3 is 20.0 Å². The predicted octanol–water partition coefficient (Wildman–Crippen LogP) is 1.51. The van der Waals surface area contributed by atoms with E-state index in [0.717, 1.165) is 37.2 Å². The van der Waals surface area contributed by atoms with Crippen molar-refractivity contribution in [1.29, 1.82) is 0 Å². The zero-order chi connectivity index (χ0) is 11.6. The quantitative estimate of drug-likeness (QED) is 0.818. The fourth-order valence-corrected chi connectivity index (χ4v) is 2.23. The summed E-state index contributed by atoms with van der Waals surface area (Å²) in [6.07, 6.45) is 2.83. The average Bonchev–Trinajstić information content (AvgIpc) is 2.73. The third kappa shape index (κ3) is 2.29. The summed E-state index contributed by atoms with van der Waals surface area (Å²) >= 11 is 0. The van der Waals surface area contributed by atoms with Crippen LogP contribution in [0.3, 0.4) is 0 Å². The smallest absolute Gasteiger partial charge is 0.129 e. The monoisotopic (exact) mass is 225 g/mol. The molecule has 0 atom stereocenters. The third-order valence-electron chi connectivity index (χ3n) is 3.29. The lowest BCUT2D eigenvalue weighted by atomic mass is 9.79. The Bertz CT molecular complexity index is 340. The van der Waals surface area contributed by atoms with Crippen molar-refractivity contribution in [2.24, 2.45) is 5.73 Å².